The van der Waals surface area contributed by atoms with Crippen LogP contribution in [-0.4, -0.2) is 48.0 Å². The Bertz CT molecular complexity index is 928. The highest BCUT2D eigenvalue weighted by atomic mass is 19.3. The minimum absolute atomic E-state index is 0.00116. The van der Waals surface area contributed by atoms with Crippen LogP contribution in [0, 0.1) is 0 Å². The zero-order chi connectivity index (χ0) is 22.5. The zero-order valence-electron chi connectivity index (χ0n) is 18.2. The molecule has 9 heteroatoms. The molecule has 2 N–H and O–H groups in total. The number of methoxy groups -OCH3 is 1. The Morgan fingerprint density at radius 1 is 1.09 bits per heavy atom. The fourth-order valence-corrected chi connectivity index (χ4v) is 4.55. The van der Waals surface area contributed by atoms with Crippen molar-refractivity contribution in [3.8, 4) is 22.8 Å². The quantitative estimate of drug-likeness (QED) is 0.581. The van der Waals surface area contributed by atoms with Gasteiger partial charge in [-0.25, -0.2) is 0 Å². The monoisotopic (exact) mass is 449 g/mol. The van der Waals surface area contributed by atoms with Gasteiger partial charge in [0, 0.05) is 24.3 Å². The standard InChI is InChI=1S/C23H29F2N3O4/c1-30-13-31-20-12-14(32-23(24)25)10-11-17(20)21-15-6-2-3-7-16(15)22(28-27-21)26-18-8-4-5-9-19(18)29/h10-12,18-19,23,29H,2-9,13H2,1H3,(H,26,28)/t18-,19-/m1/s1. The van der Waals surface area contributed by atoms with Gasteiger partial charge < -0.3 is 24.6 Å². The van der Waals surface area contributed by atoms with E-state index >= 15 is 0 Å². The van der Waals surface area contributed by atoms with Crippen LogP contribution in [-0.2, 0) is 17.6 Å². The van der Waals surface area contributed by atoms with E-state index in [1.807, 2.05) is 0 Å². The summed E-state index contributed by atoms with van der Waals surface area (Å²) in [6, 6.07) is 4.53. The normalized spacial score (nSPS) is 20.7. The highest BCUT2D eigenvalue weighted by Gasteiger charge is 2.27. The molecule has 174 valence electrons. The molecule has 2 atom stereocenters. The van der Waals surface area contributed by atoms with E-state index in [0.717, 1.165) is 68.3 Å². The summed E-state index contributed by atoms with van der Waals surface area (Å²) in [4.78, 5) is 0. The van der Waals surface area contributed by atoms with Gasteiger partial charge in [0.25, 0.3) is 0 Å². The second kappa shape index (κ2) is 10.4. The van der Waals surface area contributed by atoms with Gasteiger partial charge in [-0.2, -0.15) is 8.78 Å². The Morgan fingerprint density at radius 2 is 1.88 bits per heavy atom. The number of rotatable bonds is 8. The maximum absolute atomic E-state index is 12.7. The van der Waals surface area contributed by atoms with Crippen LogP contribution in [0.15, 0.2) is 18.2 Å². The lowest BCUT2D eigenvalue weighted by atomic mass is 9.88. The first-order valence-electron chi connectivity index (χ1n) is 11.1. The molecule has 1 heterocycles. The fraction of sp³-hybridized carbons (Fsp3) is 0.565. The van der Waals surface area contributed by atoms with Gasteiger partial charge in [-0.1, -0.05) is 12.8 Å². The van der Waals surface area contributed by atoms with Gasteiger partial charge in [0.05, 0.1) is 12.1 Å². The summed E-state index contributed by atoms with van der Waals surface area (Å²) in [5, 5.41) is 22.8. The van der Waals surface area contributed by atoms with E-state index < -0.39 is 6.61 Å². The molecule has 0 amide bonds. The number of ether oxygens (including phenoxy) is 3. The molecule has 1 aromatic carbocycles. The Kier molecular flexibility index (Phi) is 7.36. The zero-order valence-corrected chi connectivity index (χ0v) is 18.2. The van der Waals surface area contributed by atoms with Crippen molar-refractivity contribution in [2.24, 2.45) is 0 Å². The molecule has 0 spiro atoms. The van der Waals surface area contributed by atoms with Crippen LogP contribution in [0.4, 0.5) is 14.6 Å². The molecule has 0 saturated heterocycles. The van der Waals surface area contributed by atoms with Crippen molar-refractivity contribution in [1.29, 1.82) is 0 Å². The molecule has 0 aliphatic heterocycles. The molecule has 0 unspecified atom stereocenters. The molecule has 1 aromatic heterocycles. The maximum Gasteiger partial charge on any atom is 0.387 e. The van der Waals surface area contributed by atoms with Crippen molar-refractivity contribution < 1.29 is 28.1 Å². The number of aliphatic hydroxyl groups is 1. The lowest BCUT2D eigenvalue weighted by molar-refractivity contribution is -0.0500. The van der Waals surface area contributed by atoms with Gasteiger partial charge in [-0.3, -0.25) is 0 Å². The highest BCUT2D eigenvalue weighted by Crippen LogP contribution is 2.39. The third-order valence-corrected chi connectivity index (χ3v) is 6.11. The van der Waals surface area contributed by atoms with Gasteiger partial charge in [0.2, 0.25) is 0 Å². The Labute approximate surface area is 186 Å². The molecule has 4 rings (SSSR count). The topological polar surface area (TPSA) is 85.7 Å². The number of anilines is 1. The summed E-state index contributed by atoms with van der Waals surface area (Å²) in [7, 11) is 1.49. The van der Waals surface area contributed by atoms with Crippen LogP contribution in [0.25, 0.3) is 11.3 Å². The van der Waals surface area contributed by atoms with Gasteiger partial charge in [-0.05, 0) is 56.2 Å². The summed E-state index contributed by atoms with van der Waals surface area (Å²) in [5.41, 5.74) is 3.50. The number of benzene rings is 1. The number of aromatic nitrogens is 2. The number of aliphatic hydroxyl groups excluding tert-OH is 1. The van der Waals surface area contributed by atoms with Crippen LogP contribution >= 0.6 is 0 Å². The van der Waals surface area contributed by atoms with Gasteiger partial charge in [0.1, 0.15) is 17.2 Å². The Hall–Kier alpha value is -2.52. The van der Waals surface area contributed by atoms with Crippen molar-refractivity contribution in [2.75, 3.05) is 19.2 Å². The Balaban J connectivity index is 1.70. The average molecular weight is 449 g/mol. The summed E-state index contributed by atoms with van der Waals surface area (Å²) in [5.74, 6) is 1.07. The minimum atomic E-state index is -2.93. The van der Waals surface area contributed by atoms with Crippen LogP contribution in [0.5, 0.6) is 11.5 Å². The highest BCUT2D eigenvalue weighted by molar-refractivity contribution is 5.74. The number of nitrogens with one attached hydrogen (secondary N) is 1. The smallest absolute Gasteiger partial charge is 0.387 e. The van der Waals surface area contributed by atoms with Crippen molar-refractivity contribution in [3.05, 3.63) is 29.3 Å². The molecular formula is C23H29F2N3O4. The van der Waals surface area contributed by atoms with Gasteiger partial charge in [0.15, 0.2) is 12.6 Å². The largest absolute Gasteiger partial charge is 0.467 e. The van der Waals surface area contributed by atoms with E-state index in [-0.39, 0.29) is 24.7 Å². The number of hydrogen-bond acceptors (Lipinski definition) is 7. The van der Waals surface area contributed by atoms with Crippen molar-refractivity contribution >= 4 is 5.82 Å². The molecule has 2 aromatic rings. The fourth-order valence-electron chi connectivity index (χ4n) is 4.55. The summed E-state index contributed by atoms with van der Waals surface area (Å²) >= 11 is 0. The molecule has 7 nitrogen and oxygen atoms in total. The van der Waals surface area contributed by atoms with E-state index in [9.17, 15) is 13.9 Å². The number of halogens is 2. The van der Waals surface area contributed by atoms with Gasteiger partial charge in [-0.15, -0.1) is 10.2 Å². The Morgan fingerprint density at radius 3 is 2.62 bits per heavy atom. The molecule has 2 aliphatic carbocycles. The first-order valence-corrected chi connectivity index (χ1v) is 11.1. The van der Waals surface area contributed by atoms with Crippen molar-refractivity contribution in [3.63, 3.8) is 0 Å². The van der Waals surface area contributed by atoms with Crippen molar-refractivity contribution in [2.45, 2.75) is 70.1 Å². The van der Waals surface area contributed by atoms with E-state index in [2.05, 4.69) is 20.3 Å². The van der Waals surface area contributed by atoms with Crippen LogP contribution in [0.2, 0.25) is 0 Å². The lowest BCUT2D eigenvalue weighted by Crippen LogP contribution is -2.37. The lowest BCUT2D eigenvalue weighted by Gasteiger charge is -2.30. The predicted molar refractivity (Wildman–Crippen MR) is 115 cm³/mol. The number of nitrogens with zero attached hydrogens (tertiary/aromatic N) is 2. The molecule has 32 heavy (non-hydrogen) atoms. The molecule has 0 radical (unpaired) electrons. The molecule has 2 aliphatic rings. The van der Waals surface area contributed by atoms with E-state index in [1.54, 1.807) is 6.07 Å². The maximum atomic E-state index is 12.7. The van der Waals surface area contributed by atoms with E-state index in [4.69, 9.17) is 9.47 Å². The van der Waals surface area contributed by atoms with Gasteiger partial charge >= 0.3 is 6.61 Å². The van der Waals surface area contributed by atoms with Crippen LogP contribution in [0.3, 0.4) is 0 Å². The second-order valence-electron chi connectivity index (χ2n) is 8.25. The SMILES string of the molecule is COCOc1cc(OC(F)F)ccc1-c1nnc(N[C@@H]2CCCC[C@H]2O)c2c1CCCC2. The summed E-state index contributed by atoms with van der Waals surface area (Å²) < 4.78 is 40.6. The molecular weight excluding hydrogens is 420 g/mol. The number of hydrogen-bond donors (Lipinski definition) is 2. The first kappa shape index (κ1) is 22.7. The summed E-state index contributed by atoms with van der Waals surface area (Å²) in [6.45, 7) is -2.97. The second-order valence-corrected chi connectivity index (χ2v) is 8.25. The average Bonchev–Trinajstić information content (AvgIpc) is 2.79. The molecule has 0 bridgehead atoms. The molecule has 1 saturated carbocycles. The number of fused-ring (bicyclic) bond motifs is 1. The minimum Gasteiger partial charge on any atom is -0.467 e. The first-order chi connectivity index (χ1) is 15.6. The third-order valence-electron chi connectivity index (χ3n) is 6.11. The summed E-state index contributed by atoms with van der Waals surface area (Å²) in [6.07, 6.45) is 7.20. The van der Waals surface area contributed by atoms with Crippen molar-refractivity contribution in [1.82, 2.24) is 10.2 Å². The predicted octanol–water partition coefficient (Wildman–Crippen LogP) is 4.32. The van der Waals surface area contributed by atoms with Crippen LogP contribution < -0.4 is 14.8 Å². The number of alkyl halides is 2. The van der Waals surface area contributed by atoms with Crippen LogP contribution in [0.1, 0.15) is 49.7 Å². The van der Waals surface area contributed by atoms with E-state index in [0.29, 0.717) is 17.0 Å². The third kappa shape index (κ3) is 5.10. The molecule has 1 fully saturated rings. The van der Waals surface area contributed by atoms with E-state index in [1.165, 1.54) is 19.2 Å².